The van der Waals surface area contributed by atoms with Gasteiger partial charge >= 0.3 is 0 Å². The van der Waals surface area contributed by atoms with E-state index in [1.165, 1.54) is 17.0 Å². The van der Waals surface area contributed by atoms with Crippen LogP contribution in [0.5, 0.6) is 0 Å². The summed E-state index contributed by atoms with van der Waals surface area (Å²) in [6.07, 6.45) is 1.57. The third-order valence-electron chi connectivity index (χ3n) is 4.17. The first-order valence-electron chi connectivity index (χ1n) is 7.73. The van der Waals surface area contributed by atoms with Crippen LogP contribution in [0.3, 0.4) is 0 Å². The first-order valence-corrected chi connectivity index (χ1v) is 9.28. The van der Waals surface area contributed by atoms with E-state index in [9.17, 15) is 13.2 Å². The second kappa shape index (κ2) is 5.82. The van der Waals surface area contributed by atoms with E-state index in [4.69, 9.17) is 0 Å². The van der Waals surface area contributed by atoms with Crippen molar-refractivity contribution in [2.45, 2.75) is 10.1 Å². The van der Waals surface area contributed by atoms with E-state index in [1.807, 2.05) is 0 Å². The summed E-state index contributed by atoms with van der Waals surface area (Å²) < 4.78 is 26.2. The summed E-state index contributed by atoms with van der Waals surface area (Å²) in [5.41, 5.74) is 1.03. The standard InChI is InChI=1S/C19H14N2O3S/c22-19-18(25(23,24)14-8-2-1-3-9-14)15-10-4-5-11-16(15)21(19)17-12-6-7-13-20-17/h1-13,18H. The molecule has 6 heteroatoms. The molecule has 0 aliphatic carbocycles. The number of nitrogens with zero attached hydrogens (tertiary/aromatic N) is 2. The van der Waals surface area contributed by atoms with E-state index in [0.29, 0.717) is 17.1 Å². The van der Waals surface area contributed by atoms with Crippen molar-refractivity contribution in [1.82, 2.24) is 4.98 Å². The van der Waals surface area contributed by atoms with Crippen molar-refractivity contribution in [3.8, 4) is 0 Å². The van der Waals surface area contributed by atoms with Crippen molar-refractivity contribution in [1.29, 1.82) is 0 Å². The van der Waals surface area contributed by atoms with Crippen LogP contribution in [0.1, 0.15) is 10.8 Å². The van der Waals surface area contributed by atoms with Gasteiger partial charge in [0.05, 0.1) is 10.6 Å². The number of para-hydroxylation sites is 1. The Morgan fingerprint density at radius 2 is 1.52 bits per heavy atom. The Morgan fingerprint density at radius 3 is 2.24 bits per heavy atom. The van der Waals surface area contributed by atoms with Crippen LogP contribution in [0, 0.1) is 0 Å². The predicted molar refractivity (Wildman–Crippen MR) is 94.2 cm³/mol. The van der Waals surface area contributed by atoms with Gasteiger partial charge in [-0.2, -0.15) is 0 Å². The zero-order valence-corrected chi connectivity index (χ0v) is 13.9. The van der Waals surface area contributed by atoms with Crippen molar-refractivity contribution >= 4 is 27.2 Å². The second-order valence-electron chi connectivity index (χ2n) is 5.66. The summed E-state index contributed by atoms with van der Waals surface area (Å²) in [4.78, 5) is 18.8. The Labute approximate surface area is 145 Å². The fraction of sp³-hybridized carbons (Fsp3) is 0.0526. The zero-order chi connectivity index (χ0) is 17.4. The van der Waals surface area contributed by atoms with E-state index in [1.54, 1.807) is 66.9 Å². The number of rotatable bonds is 3. The molecule has 1 aliphatic rings. The number of carbonyl (C=O) groups is 1. The van der Waals surface area contributed by atoms with Gasteiger partial charge in [0, 0.05) is 11.8 Å². The Hall–Kier alpha value is -2.99. The number of carbonyl (C=O) groups excluding carboxylic acids is 1. The highest BCUT2D eigenvalue weighted by Gasteiger charge is 2.46. The summed E-state index contributed by atoms with van der Waals surface area (Å²) in [6, 6.07) is 20.2. The first-order chi connectivity index (χ1) is 12.1. The second-order valence-corrected chi connectivity index (χ2v) is 7.69. The van der Waals surface area contributed by atoms with Gasteiger partial charge in [0.25, 0.3) is 5.91 Å². The van der Waals surface area contributed by atoms with Gasteiger partial charge in [-0.3, -0.25) is 9.69 Å². The van der Waals surface area contributed by atoms with Crippen molar-refractivity contribution in [2.24, 2.45) is 0 Å². The molecule has 0 spiro atoms. The van der Waals surface area contributed by atoms with Crippen LogP contribution in [0.25, 0.3) is 0 Å². The maximum atomic E-state index is 13.1. The molecule has 0 N–H and O–H groups in total. The van der Waals surface area contributed by atoms with Crippen molar-refractivity contribution < 1.29 is 13.2 Å². The Kier molecular flexibility index (Phi) is 3.62. The molecule has 0 saturated carbocycles. The number of pyridine rings is 1. The maximum absolute atomic E-state index is 13.1. The number of sulfone groups is 1. The summed E-state index contributed by atoms with van der Waals surface area (Å²) in [7, 11) is -3.86. The highest BCUT2D eigenvalue weighted by molar-refractivity contribution is 7.92. The number of amides is 1. The minimum absolute atomic E-state index is 0.131. The predicted octanol–water partition coefficient (Wildman–Crippen LogP) is 3.27. The molecule has 1 atom stereocenters. The van der Waals surface area contributed by atoms with Crippen LogP contribution in [0.15, 0.2) is 83.9 Å². The topological polar surface area (TPSA) is 67.3 Å². The number of anilines is 2. The van der Waals surface area contributed by atoms with Crippen LogP contribution < -0.4 is 4.90 Å². The first kappa shape index (κ1) is 15.5. The minimum Gasteiger partial charge on any atom is -0.272 e. The van der Waals surface area contributed by atoms with E-state index in [2.05, 4.69) is 4.98 Å². The highest BCUT2D eigenvalue weighted by Crippen LogP contribution is 2.45. The number of benzene rings is 2. The largest absolute Gasteiger partial charge is 0.272 e. The summed E-state index contributed by atoms with van der Waals surface area (Å²) in [6.45, 7) is 0. The molecule has 1 unspecified atom stereocenters. The molecule has 0 radical (unpaired) electrons. The zero-order valence-electron chi connectivity index (χ0n) is 13.1. The average Bonchev–Trinajstić information content (AvgIpc) is 2.95. The fourth-order valence-corrected chi connectivity index (χ4v) is 4.76. The molecule has 1 aromatic heterocycles. The van der Waals surface area contributed by atoms with Gasteiger partial charge in [-0.25, -0.2) is 13.4 Å². The lowest BCUT2D eigenvalue weighted by atomic mass is 10.1. The molecule has 4 rings (SSSR count). The van der Waals surface area contributed by atoms with Gasteiger partial charge in [0.1, 0.15) is 5.82 Å². The molecule has 2 heterocycles. The molecule has 0 fully saturated rings. The van der Waals surface area contributed by atoms with E-state index in [-0.39, 0.29) is 4.90 Å². The number of aromatic nitrogens is 1. The molecular weight excluding hydrogens is 336 g/mol. The van der Waals surface area contributed by atoms with Crippen LogP contribution in [-0.4, -0.2) is 19.3 Å². The molecule has 1 amide bonds. The molecule has 2 aromatic carbocycles. The van der Waals surface area contributed by atoms with Crippen molar-refractivity contribution in [2.75, 3.05) is 4.90 Å². The third-order valence-corrected chi connectivity index (χ3v) is 6.17. The lowest BCUT2D eigenvalue weighted by Gasteiger charge is -2.16. The summed E-state index contributed by atoms with van der Waals surface area (Å²) in [5, 5.41) is -1.27. The number of hydrogen-bond acceptors (Lipinski definition) is 4. The van der Waals surface area contributed by atoms with Crippen molar-refractivity contribution in [3.63, 3.8) is 0 Å². The average molecular weight is 350 g/mol. The summed E-state index contributed by atoms with van der Waals surface area (Å²) >= 11 is 0. The van der Waals surface area contributed by atoms with E-state index >= 15 is 0 Å². The Balaban J connectivity index is 1.90. The number of hydrogen-bond donors (Lipinski definition) is 0. The van der Waals surface area contributed by atoms with Gasteiger partial charge in [-0.15, -0.1) is 0 Å². The van der Waals surface area contributed by atoms with Gasteiger partial charge in [0.15, 0.2) is 15.1 Å². The summed E-state index contributed by atoms with van der Waals surface area (Å²) in [5.74, 6) is -0.102. The van der Waals surface area contributed by atoms with Crippen LogP contribution in [0.4, 0.5) is 11.5 Å². The highest BCUT2D eigenvalue weighted by atomic mass is 32.2. The maximum Gasteiger partial charge on any atom is 0.256 e. The molecule has 25 heavy (non-hydrogen) atoms. The molecule has 1 aliphatic heterocycles. The third kappa shape index (κ3) is 2.42. The monoisotopic (exact) mass is 350 g/mol. The molecule has 3 aromatic rings. The van der Waals surface area contributed by atoms with E-state index in [0.717, 1.165) is 0 Å². The lowest BCUT2D eigenvalue weighted by Crippen LogP contribution is -2.28. The van der Waals surface area contributed by atoms with Crippen LogP contribution in [0.2, 0.25) is 0 Å². The normalized spacial score (nSPS) is 16.7. The van der Waals surface area contributed by atoms with Crippen molar-refractivity contribution in [3.05, 3.63) is 84.6 Å². The van der Waals surface area contributed by atoms with Crippen LogP contribution in [-0.2, 0) is 14.6 Å². The van der Waals surface area contributed by atoms with Gasteiger partial charge in [0.2, 0.25) is 0 Å². The van der Waals surface area contributed by atoms with Crippen LogP contribution >= 0.6 is 0 Å². The molecule has 0 saturated heterocycles. The fourth-order valence-electron chi connectivity index (χ4n) is 3.05. The smallest absolute Gasteiger partial charge is 0.256 e. The quantitative estimate of drug-likeness (QED) is 0.727. The Bertz CT molecular complexity index is 1030. The molecular formula is C19H14N2O3S. The Morgan fingerprint density at radius 1 is 0.840 bits per heavy atom. The minimum atomic E-state index is -3.86. The van der Waals surface area contributed by atoms with E-state index < -0.39 is 21.0 Å². The molecule has 0 bridgehead atoms. The SMILES string of the molecule is O=C1C(S(=O)(=O)c2ccccc2)c2ccccc2N1c1ccccn1. The molecule has 5 nitrogen and oxygen atoms in total. The molecule has 124 valence electrons. The van der Waals surface area contributed by atoms with Gasteiger partial charge < -0.3 is 0 Å². The van der Waals surface area contributed by atoms with Gasteiger partial charge in [-0.05, 0) is 30.3 Å². The lowest BCUT2D eigenvalue weighted by molar-refractivity contribution is -0.117. The van der Waals surface area contributed by atoms with Gasteiger partial charge in [-0.1, -0.05) is 42.5 Å². The number of fused-ring (bicyclic) bond motifs is 1.